The first-order valence-electron chi connectivity index (χ1n) is 7.04. The zero-order valence-corrected chi connectivity index (χ0v) is 12.7. The monoisotopic (exact) mass is 339 g/mol. The maximum absolute atomic E-state index is 12.1. The second kappa shape index (κ2) is 5.69. The molecule has 0 radical (unpaired) electrons. The van der Waals surface area contributed by atoms with Gasteiger partial charge in [-0.2, -0.15) is 0 Å². The molecule has 3 N–H and O–H groups in total. The fraction of sp³-hybridized carbons (Fsp3) is 0.571. The van der Waals surface area contributed by atoms with Crippen molar-refractivity contribution < 1.29 is 4.79 Å². The Labute approximate surface area is 125 Å². The topological polar surface area (TPSA) is 74.0 Å². The van der Waals surface area contributed by atoms with Crippen molar-refractivity contribution in [1.82, 2.24) is 10.3 Å². The number of anilines is 1. The number of carbonyl (C=O) groups excluding carboxylic acids is 1. The smallest absolute Gasteiger partial charge is 0.271 e. The van der Waals surface area contributed by atoms with Gasteiger partial charge in [-0.25, -0.2) is 0 Å². The number of hydrogen-bond donors (Lipinski definition) is 3. The molecule has 2 bridgehead atoms. The van der Waals surface area contributed by atoms with Crippen LogP contribution in [-0.2, 0) is 4.79 Å². The lowest BCUT2D eigenvalue weighted by atomic mass is 9.89. The van der Waals surface area contributed by atoms with Gasteiger partial charge in [0.1, 0.15) is 5.69 Å². The Bertz CT molecular complexity index is 560. The fourth-order valence-electron chi connectivity index (χ4n) is 3.36. The highest BCUT2D eigenvalue weighted by Crippen LogP contribution is 2.32. The van der Waals surface area contributed by atoms with Crippen LogP contribution in [0.2, 0.25) is 0 Å². The Morgan fingerprint density at radius 3 is 2.75 bits per heavy atom. The minimum Gasteiger partial charge on any atom is -0.326 e. The molecular formula is C14H18BrN3O2. The van der Waals surface area contributed by atoms with Gasteiger partial charge in [0.25, 0.3) is 5.56 Å². The molecule has 2 aliphatic rings. The van der Waals surface area contributed by atoms with Crippen LogP contribution in [0.3, 0.4) is 0 Å². The van der Waals surface area contributed by atoms with E-state index in [9.17, 15) is 9.59 Å². The molecular weight excluding hydrogens is 322 g/mol. The van der Waals surface area contributed by atoms with Crippen LogP contribution < -0.4 is 16.2 Å². The molecule has 6 heteroatoms. The summed E-state index contributed by atoms with van der Waals surface area (Å²) in [6.07, 6.45) is 6.66. The molecule has 3 heterocycles. The number of piperidine rings is 1. The number of aromatic nitrogens is 1. The van der Waals surface area contributed by atoms with Crippen LogP contribution in [0, 0.1) is 5.92 Å². The molecule has 2 unspecified atom stereocenters. The molecule has 0 saturated carbocycles. The van der Waals surface area contributed by atoms with Crippen LogP contribution >= 0.6 is 15.9 Å². The first-order chi connectivity index (χ1) is 9.60. The number of carbonyl (C=O) groups is 1. The molecule has 20 heavy (non-hydrogen) atoms. The number of amides is 1. The van der Waals surface area contributed by atoms with Crippen LogP contribution in [0.1, 0.15) is 32.1 Å². The Morgan fingerprint density at radius 2 is 2.05 bits per heavy atom. The number of aromatic amines is 1. The number of H-pyrrole nitrogens is 1. The van der Waals surface area contributed by atoms with E-state index in [-0.39, 0.29) is 11.5 Å². The molecule has 1 aromatic heterocycles. The third kappa shape index (κ3) is 3.12. The average Bonchev–Trinajstić information content (AvgIpc) is 2.73. The summed E-state index contributed by atoms with van der Waals surface area (Å²) in [5.74, 6) is 0.361. The van der Waals surface area contributed by atoms with Gasteiger partial charge in [0.2, 0.25) is 5.91 Å². The van der Waals surface area contributed by atoms with Gasteiger partial charge in [-0.3, -0.25) is 9.59 Å². The minimum absolute atomic E-state index is 0.0695. The number of pyridine rings is 1. The van der Waals surface area contributed by atoms with E-state index in [4.69, 9.17) is 0 Å². The molecule has 108 valence electrons. The highest BCUT2D eigenvalue weighted by molar-refractivity contribution is 9.10. The summed E-state index contributed by atoms with van der Waals surface area (Å²) in [4.78, 5) is 26.3. The van der Waals surface area contributed by atoms with Crippen molar-refractivity contribution in [2.45, 2.75) is 44.2 Å². The summed E-state index contributed by atoms with van der Waals surface area (Å²) in [6, 6.07) is 2.80. The summed E-state index contributed by atoms with van der Waals surface area (Å²) < 4.78 is 0.743. The summed E-state index contributed by atoms with van der Waals surface area (Å²) in [7, 11) is 0. The summed E-state index contributed by atoms with van der Waals surface area (Å²) in [5, 5.41) is 6.28. The first kappa shape index (κ1) is 13.8. The zero-order chi connectivity index (χ0) is 14.1. The second-order valence-electron chi connectivity index (χ2n) is 5.79. The second-order valence-corrected chi connectivity index (χ2v) is 6.70. The largest absolute Gasteiger partial charge is 0.326 e. The van der Waals surface area contributed by atoms with Crippen LogP contribution in [-0.4, -0.2) is 23.0 Å². The lowest BCUT2D eigenvalue weighted by Gasteiger charge is -2.28. The highest BCUT2D eigenvalue weighted by atomic mass is 79.9. The molecule has 2 aliphatic heterocycles. The molecule has 5 nitrogen and oxygen atoms in total. The van der Waals surface area contributed by atoms with Crippen molar-refractivity contribution in [3.05, 3.63) is 27.1 Å². The van der Waals surface area contributed by atoms with E-state index >= 15 is 0 Å². The van der Waals surface area contributed by atoms with Crippen molar-refractivity contribution in [3.8, 4) is 0 Å². The molecule has 1 amide bonds. The normalized spacial score (nSPS) is 28.4. The van der Waals surface area contributed by atoms with Crippen LogP contribution in [0.4, 0.5) is 5.69 Å². The van der Waals surface area contributed by atoms with Crippen molar-refractivity contribution in [3.63, 3.8) is 0 Å². The van der Waals surface area contributed by atoms with E-state index in [1.165, 1.54) is 12.8 Å². The molecule has 2 atom stereocenters. The maximum atomic E-state index is 12.1. The Hall–Kier alpha value is -1.14. The van der Waals surface area contributed by atoms with Crippen molar-refractivity contribution in [2.75, 3.05) is 5.32 Å². The van der Waals surface area contributed by atoms with E-state index < -0.39 is 0 Å². The summed E-state index contributed by atoms with van der Waals surface area (Å²) in [6.45, 7) is 0. The standard InChI is InChI=1S/C14H18BrN3O2/c15-9-6-12(14(20)16-7-9)18-13(19)5-8-3-10-1-2-11(4-8)17-10/h6-8,10-11,17H,1-5H2,(H,16,20)(H,18,19). The summed E-state index contributed by atoms with van der Waals surface area (Å²) >= 11 is 3.28. The van der Waals surface area contributed by atoms with Crippen LogP contribution in [0.5, 0.6) is 0 Å². The SMILES string of the molecule is O=C(CC1CC2CCC(C1)N2)Nc1cc(Br)c[nH]c1=O. The minimum atomic E-state index is -0.271. The molecule has 0 aliphatic carbocycles. The first-order valence-corrected chi connectivity index (χ1v) is 7.83. The van der Waals surface area contributed by atoms with Crippen molar-refractivity contribution in [2.24, 2.45) is 5.92 Å². The van der Waals surface area contributed by atoms with Crippen molar-refractivity contribution in [1.29, 1.82) is 0 Å². The van der Waals surface area contributed by atoms with Crippen molar-refractivity contribution >= 4 is 27.5 Å². The predicted octanol–water partition coefficient (Wildman–Crippen LogP) is 2.00. The van der Waals surface area contributed by atoms with E-state index in [0.29, 0.717) is 30.1 Å². The number of halogens is 1. The van der Waals surface area contributed by atoms with Crippen LogP contribution in [0.15, 0.2) is 21.5 Å². The third-order valence-corrected chi connectivity index (χ3v) is 4.64. The molecule has 0 spiro atoms. The maximum Gasteiger partial charge on any atom is 0.271 e. The van der Waals surface area contributed by atoms with Gasteiger partial charge in [-0.15, -0.1) is 0 Å². The number of rotatable bonds is 3. The van der Waals surface area contributed by atoms with Gasteiger partial charge >= 0.3 is 0 Å². The van der Waals surface area contributed by atoms with Gasteiger partial charge in [0.15, 0.2) is 0 Å². The molecule has 0 aromatic carbocycles. The Kier molecular flexibility index (Phi) is 3.94. The molecule has 1 aromatic rings. The van der Waals surface area contributed by atoms with Crippen LogP contribution in [0.25, 0.3) is 0 Å². The zero-order valence-electron chi connectivity index (χ0n) is 11.1. The average molecular weight is 340 g/mol. The van der Waals surface area contributed by atoms with E-state index in [1.54, 1.807) is 12.3 Å². The fourth-order valence-corrected chi connectivity index (χ4v) is 3.70. The van der Waals surface area contributed by atoms with Gasteiger partial charge < -0.3 is 15.6 Å². The molecule has 2 saturated heterocycles. The lowest BCUT2D eigenvalue weighted by Crippen LogP contribution is -2.39. The van der Waals surface area contributed by atoms with Gasteiger partial charge in [-0.1, -0.05) is 0 Å². The Morgan fingerprint density at radius 1 is 1.35 bits per heavy atom. The van der Waals surface area contributed by atoms with E-state index in [2.05, 4.69) is 31.5 Å². The van der Waals surface area contributed by atoms with Gasteiger partial charge in [-0.05, 0) is 53.6 Å². The van der Waals surface area contributed by atoms with E-state index in [0.717, 1.165) is 17.3 Å². The Balaban J connectivity index is 1.60. The number of nitrogens with one attached hydrogen (secondary N) is 3. The quantitative estimate of drug-likeness (QED) is 0.788. The third-order valence-electron chi connectivity index (χ3n) is 4.19. The number of fused-ring (bicyclic) bond motifs is 2. The van der Waals surface area contributed by atoms with Gasteiger partial charge in [0.05, 0.1) is 0 Å². The number of hydrogen-bond acceptors (Lipinski definition) is 3. The predicted molar refractivity (Wildman–Crippen MR) is 80.7 cm³/mol. The highest BCUT2D eigenvalue weighted by Gasteiger charge is 2.34. The summed E-state index contributed by atoms with van der Waals surface area (Å²) in [5.41, 5.74) is 0.0354. The lowest BCUT2D eigenvalue weighted by molar-refractivity contribution is -0.117. The molecule has 2 fully saturated rings. The molecule has 3 rings (SSSR count). The van der Waals surface area contributed by atoms with E-state index in [1.807, 2.05) is 0 Å². The van der Waals surface area contributed by atoms with Gasteiger partial charge in [0, 0.05) is 29.2 Å².